The van der Waals surface area contributed by atoms with Crippen LogP contribution < -0.4 is 0 Å². The Morgan fingerprint density at radius 3 is 2.85 bits per heavy atom. The standard InChI is InChI=1S/C15H19NO3S/c1-15(19)5-7-16(8-6-15)14(18)12-10-13(20-11-12)4-2-3-9-17/h10-11,17,19H,3,5-9H2,1H3. The number of piperidine rings is 1. The molecule has 108 valence electrons. The van der Waals surface area contributed by atoms with E-state index in [1.54, 1.807) is 11.0 Å². The van der Waals surface area contributed by atoms with E-state index >= 15 is 0 Å². The van der Waals surface area contributed by atoms with Crippen molar-refractivity contribution >= 4 is 17.2 Å². The lowest BCUT2D eigenvalue weighted by Gasteiger charge is -2.35. The Morgan fingerprint density at radius 1 is 1.50 bits per heavy atom. The molecule has 20 heavy (non-hydrogen) atoms. The van der Waals surface area contributed by atoms with Crippen molar-refractivity contribution in [2.45, 2.75) is 31.8 Å². The summed E-state index contributed by atoms with van der Waals surface area (Å²) < 4.78 is 0. The molecule has 0 spiro atoms. The zero-order chi connectivity index (χ0) is 14.6. The summed E-state index contributed by atoms with van der Waals surface area (Å²) in [6.07, 6.45) is 1.68. The maximum atomic E-state index is 12.3. The van der Waals surface area contributed by atoms with E-state index in [1.807, 2.05) is 12.3 Å². The van der Waals surface area contributed by atoms with Crippen molar-refractivity contribution in [1.29, 1.82) is 0 Å². The van der Waals surface area contributed by atoms with Gasteiger partial charge < -0.3 is 15.1 Å². The minimum atomic E-state index is -0.646. The van der Waals surface area contributed by atoms with E-state index in [0.717, 1.165) is 4.88 Å². The van der Waals surface area contributed by atoms with Crippen LogP contribution in [0.2, 0.25) is 0 Å². The molecule has 2 rings (SSSR count). The Labute approximate surface area is 123 Å². The quantitative estimate of drug-likeness (QED) is 0.812. The molecule has 0 unspecified atom stereocenters. The normalized spacial score (nSPS) is 17.4. The van der Waals surface area contributed by atoms with Gasteiger partial charge in [0.1, 0.15) is 0 Å². The molecule has 5 heteroatoms. The molecule has 1 fully saturated rings. The highest BCUT2D eigenvalue weighted by Gasteiger charge is 2.30. The lowest BCUT2D eigenvalue weighted by molar-refractivity contribution is -0.00201. The number of nitrogens with zero attached hydrogens (tertiary/aromatic N) is 1. The van der Waals surface area contributed by atoms with Gasteiger partial charge in [-0.25, -0.2) is 0 Å². The summed E-state index contributed by atoms with van der Waals surface area (Å²) in [6, 6.07) is 1.80. The van der Waals surface area contributed by atoms with Crippen LogP contribution in [-0.4, -0.2) is 46.3 Å². The molecule has 4 nitrogen and oxygen atoms in total. The van der Waals surface area contributed by atoms with Gasteiger partial charge in [-0.3, -0.25) is 4.79 Å². The van der Waals surface area contributed by atoms with Crippen LogP contribution >= 0.6 is 11.3 Å². The Bertz CT molecular complexity index is 529. The zero-order valence-electron chi connectivity index (χ0n) is 11.6. The Balaban J connectivity index is 1.99. The number of aliphatic hydroxyl groups is 2. The second-order valence-corrected chi connectivity index (χ2v) is 6.18. The maximum Gasteiger partial charge on any atom is 0.254 e. The van der Waals surface area contributed by atoms with Gasteiger partial charge in [-0.15, -0.1) is 11.3 Å². The molecular formula is C15H19NO3S. The lowest BCUT2D eigenvalue weighted by Crippen LogP contribution is -2.45. The van der Waals surface area contributed by atoms with Gasteiger partial charge in [-0.05, 0) is 25.8 Å². The first kappa shape index (κ1) is 15.0. The molecule has 1 aromatic heterocycles. The van der Waals surface area contributed by atoms with Gasteiger partial charge in [0.15, 0.2) is 0 Å². The number of hydrogen-bond acceptors (Lipinski definition) is 4. The van der Waals surface area contributed by atoms with E-state index in [1.165, 1.54) is 11.3 Å². The fourth-order valence-electron chi connectivity index (χ4n) is 2.09. The number of thiophene rings is 1. The fraction of sp³-hybridized carbons (Fsp3) is 0.533. The topological polar surface area (TPSA) is 60.8 Å². The van der Waals surface area contributed by atoms with E-state index in [4.69, 9.17) is 5.11 Å². The molecule has 1 aliphatic heterocycles. The van der Waals surface area contributed by atoms with Crippen molar-refractivity contribution in [1.82, 2.24) is 4.90 Å². The van der Waals surface area contributed by atoms with Crippen LogP contribution in [0.5, 0.6) is 0 Å². The summed E-state index contributed by atoms with van der Waals surface area (Å²) in [6.45, 7) is 3.05. The van der Waals surface area contributed by atoms with E-state index in [2.05, 4.69) is 11.8 Å². The Kier molecular flexibility index (Phi) is 4.81. The first-order chi connectivity index (χ1) is 9.52. The van der Waals surface area contributed by atoms with Crippen LogP contribution in [0.3, 0.4) is 0 Å². The molecule has 1 saturated heterocycles. The zero-order valence-corrected chi connectivity index (χ0v) is 12.4. The Morgan fingerprint density at radius 2 is 2.20 bits per heavy atom. The van der Waals surface area contributed by atoms with Crippen molar-refractivity contribution in [3.05, 3.63) is 21.9 Å². The molecule has 0 aromatic carbocycles. The van der Waals surface area contributed by atoms with E-state index in [-0.39, 0.29) is 12.5 Å². The molecule has 0 radical (unpaired) electrons. The van der Waals surface area contributed by atoms with Crippen molar-refractivity contribution in [2.24, 2.45) is 0 Å². The van der Waals surface area contributed by atoms with Crippen molar-refractivity contribution in [3.63, 3.8) is 0 Å². The van der Waals surface area contributed by atoms with Crippen LogP contribution in [0.15, 0.2) is 11.4 Å². The van der Waals surface area contributed by atoms with Crippen LogP contribution in [-0.2, 0) is 0 Å². The predicted molar refractivity (Wildman–Crippen MR) is 78.7 cm³/mol. The van der Waals surface area contributed by atoms with Crippen molar-refractivity contribution in [3.8, 4) is 11.8 Å². The summed E-state index contributed by atoms with van der Waals surface area (Å²) >= 11 is 1.44. The van der Waals surface area contributed by atoms with Gasteiger partial charge >= 0.3 is 0 Å². The van der Waals surface area contributed by atoms with Gasteiger partial charge in [0.05, 0.1) is 22.6 Å². The Hall–Kier alpha value is -1.35. The number of carbonyl (C=O) groups excluding carboxylic acids is 1. The summed E-state index contributed by atoms with van der Waals surface area (Å²) in [5, 5.41) is 20.4. The molecule has 0 saturated carbocycles. The smallest absolute Gasteiger partial charge is 0.254 e. The van der Waals surface area contributed by atoms with Gasteiger partial charge in [0, 0.05) is 24.9 Å². The van der Waals surface area contributed by atoms with E-state index in [9.17, 15) is 9.90 Å². The number of hydrogen-bond donors (Lipinski definition) is 2. The van der Waals surface area contributed by atoms with Crippen LogP contribution in [0.25, 0.3) is 0 Å². The highest BCUT2D eigenvalue weighted by molar-refractivity contribution is 7.10. The van der Waals surface area contributed by atoms with Crippen LogP contribution in [0.4, 0.5) is 0 Å². The SMILES string of the molecule is CC1(O)CCN(C(=O)c2csc(C#CCCO)c2)CC1. The summed E-state index contributed by atoms with van der Waals surface area (Å²) in [4.78, 5) is 14.9. The van der Waals surface area contributed by atoms with E-state index in [0.29, 0.717) is 37.9 Å². The molecule has 1 amide bonds. The predicted octanol–water partition coefficient (Wildman–Crippen LogP) is 1.47. The highest BCUT2D eigenvalue weighted by atomic mass is 32.1. The first-order valence-corrected chi connectivity index (χ1v) is 7.60. The largest absolute Gasteiger partial charge is 0.395 e. The minimum Gasteiger partial charge on any atom is -0.395 e. The summed E-state index contributed by atoms with van der Waals surface area (Å²) in [7, 11) is 0. The number of amides is 1. The molecule has 2 heterocycles. The first-order valence-electron chi connectivity index (χ1n) is 6.72. The highest BCUT2D eigenvalue weighted by Crippen LogP contribution is 2.23. The molecule has 1 aromatic rings. The van der Waals surface area contributed by atoms with Crippen LogP contribution in [0.1, 0.15) is 41.4 Å². The molecule has 2 N–H and O–H groups in total. The van der Waals surface area contributed by atoms with Crippen LogP contribution in [0, 0.1) is 11.8 Å². The second-order valence-electron chi connectivity index (χ2n) is 5.26. The monoisotopic (exact) mass is 293 g/mol. The minimum absolute atomic E-state index is 0.00644. The van der Waals surface area contributed by atoms with Crippen molar-refractivity contribution < 1.29 is 15.0 Å². The molecule has 0 bridgehead atoms. The third kappa shape index (κ3) is 3.83. The maximum absolute atomic E-state index is 12.3. The van der Waals surface area contributed by atoms with Crippen molar-refractivity contribution in [2.75, 3.05) is 19.7 Å². The number of rotatable bonds is 2. The second kappa shape index (κ2) is 6.40. The third-order valence-corrected chi connectivity index (χ3v) is 4.27. The summed E-state index contributed by atoms with van der Waals surface area (Å²) in [5.74, 6) is 5.79. The molecular weight excluding hydrogens is 274 g/mol. The van der Waals surface area contributed by atoms with Gasteiger partial charge in [0.2, 0.25) is 0 Å². The number of likely N-dealkylation sites (tertiary alicyclic amines) is 1. The fourth-order valence-corrected chi connectivity index (χ4v) is 2.84. The lowest BCUT2D eigenvalue weighted by atomic mass is 9.93. The summed E-state index contributed by atoms with van der Waals surface area (Å²) in [5.41, 5.74) is 0.0108. The number of carbonyl (C=O) groups is 1. The number of aliphatic hydroxyl groups excluding tert-OH is 1. The molecule has 0 atom stereocenters. The average Bonchev–Trinajstić information content (AvgIpc) is 2.87. The molecule has 1 aliphatic rings. The third-order valence-electron chi connectivity index (χ3n) is 3.42. The average molecular weight is 293 g/mol. The van der Waals surface area contributed by atoms with E-state index < -0.39 is 5.60 Å². The van der Waals surface area contributed by atoms with Gasteiger partial charge in [-0.1, -0.05) is 11.8 Å². The van der Waals surface area contributed by atoms with Gasteiger partial charge in [0.25, 0.3) is 5.91 Å². The van der Waals surface area contributed by atoms with Gasteiger partial charge in [-0.2, -0.15) is 0 Å². The molecule has 0 aliphatic carbocycles.